The van der Waals surface area contributed by atoms with E-state index in [0.717, 1.165) is 17.7 Å². The summed E-state index contributed by atoms with van der Waals surface area (Å²) >= 11 is 6.55. The number of fused-ring (bicyclic) bond motifs is 1. The number of carbonyl (C=O) groups excluding carboxylic acids is 1. The zero-order chi connectivity index (χ0) is 15.2. The summed E-state index contributed by atoms with van der Waals surface area (Å²) < 4.78 is 5.09. The predicted molar refractivity (Wildman–Crippen MR) is 90.1 cm³/mol. The third-order valence-corrected chi connectivity index (χ3v) is 5.12. The maximum atomic E-state index is 12.7. The second kappa shape index (κ2) is 7.87. The number of hydrogen-bond donors (Lipinski definition) is 1. The minimum absolute atomic E-state index is 0.0719. The van der Waals surface area contributed by atoms with Crippen LogP contribution in [0, 0.1) is 0 Å². The van der Waals surface area contributed by atoms with E-state index in [0.29, 0.717) is 31.1 Å². The first-order valence-corrected chi connectivity index (χ1v) is 8.52. The van der Waals surface area contributed by atoms with Gasteiger partial charge < -0.3 is 15.4 Å². The zero-order valence-corrected chi connectivity index (χ0v) is 14.0. The molecule has 116 valence electrons. The standard InChI is InChI=1S/C15H22N2O2S2/c1-19-9-8-17(7-6-14(16)20)15(18)13-10-11-4-2-3-5-12(11)21-13/h10H,2-9H2,1H3,(H2,16,20). The quantitative estimate of drug-likeness (QED) is 0.782. The van der Waals surface area contributed by atoms with Crippen molar-refractivity contribution >= 4 is 34.5 Å². The van der Waals surface area contributed by atoms with Crippen molar-refractivity contribution in [1.82, 2.24) is 4.90 Å². The van der Waals surface area contributed by atoms with Crippen LogP contribution in [-0.4, -0.2) is 42.6 Å². The molecule has 0 atom stereocenters. The molecule has 2 N–H and O–H groups in total. The van der Waals surface area contributed by atoms with E-state index in [4.69, 9.17) is 22.7 Å². The maximum absolute atomic E-state index is 12.7. The number of thiocarbonyl (C=S) groups is 1. The van der Waals surface area contributed by atoms with Crippen LogP contribution in [0.25, 0.3) is 0 Å². The first-order valence-electron chi connectivity index (χ1n) is 7.30. The van der Waals surface area contributed by atoms with E-state index in [1.165, 1.54) is 23.3 Å². The molecule has 0 bridgehead atoms. The first kappa shape index (κ1) is 16.4. The number of aryl methyl sites for hydroxylation is 2. The molecule has 0 spiro atoms. The van der Waals surface area contributed by atoms with Crippen molar-refractivity contribution in [2.24, 2.45) is 5.73 Å². The van der Waals surface area contributed by atoms with Gasteiger partial charge in [-0.1, -0.05) is 12.2 Å². The molecule has 1 aromatic rings. The number of thiophene rings is 1. The van der Waals surface area contributed by atoms with E-state index in [1.807, 2.05) is 0 Å². The molecule has 1 aliphatic carbocycles. The van der Waals surface area contributed by atoms with Gasteiger partial charge in [-0.15, -0.1) is 11.3 Å². The van der Waals surface area contributed by atoms with Gasteiger partial charge in [-0.05, 0) is 37.3 Å². The molecule has 0 radical (unpaired) electrons. The number of nitrogens with zero attached hydrogens (tertiary/aromatic N) is 1. The summed E-state index contributed by atoms with van der Waals surface area (Å²) in [5, 5.41) is 0. The Balaban J connectivity index is 2.08. The van der Waals surface area contributed by atoms with E-state index < -0.39 is 0 Å². The molecule has 21 heavy (non-hydrogen) atoms. The van der Waals surface area contributed by atoms with Crippen molar-refractivity contribution in [3.8, 4) is 0 Å². The molecule has 0 aromatic carbocycles. The summed E-state index contributed by atoms with van der Waals surface area (Å²) in [5.41, 5.74) is 6.91. The average molecular weight is 326 g/mol. The Hall–Kier alpha value is -0.980. The molecule has 0 saturated heterocycles. The number of nitrogens with two attached hydrogens (primary N) is 1. The van der Waals surface area contributed by atoms with Crippen LogP contribution in [0.1, 0.15) is 39.4 Å². The summed E-state index contributed by atoms with van der Waals surface area (Å²) in [5.74, 6) is 0.0719. The topological polar surface area (TPSA) is 55.6 Å². The van der Waals surface area contributed by atoms with Crippen LogP contribution in [0.5, 0.6) is 0 Å². The van der Waals surface area contributed by atoms with E-state index in [-0.39, 0.29) is 5.91 Å². The van der Waals surface area contributed by atoms with Crippen molar-refractivity contribution in [2.45, 2.75) is 32.1 Å². The Morgan fingerprint density at radius 3 is 2.86 bits per heavy atom. The lowest BCUT2D eigenvalue weighted by Gasteiger charge is -2.21. The Labute approximate surface area is 135 Å². The molecule has 1 aliphatic rings. The molecular weight excluding hydrogens is 304 g/mol. The highest BCUT2D eigenvalue weighted by Gasteiger charge is 2.21. The molecule has 2 rings (SSSR count). The van der Waals surface area contributed by atoms with E-state index in [9.17, 15) is 4.79 Å². The monoisotopic (exact) mass is 326 g/mol. The minimum atomic E-state index is 0.0719. The molecule has 1 heterocycles. The zero-order valence-electron chi connectivity index (χ0n) is 12.4. The van der Waals surface area contributed by atoms with Gasteiger partial charge in [0.05, 0.1) is 16.5 Å². The van der Waals surface area contributed by atoms with Gasteiger partial charge in [0, 0.05) is 31.5 Å². The van der Waals surface area contributed by atoms with Crippen molar-refractivity contribution in [3.63, 3.8) is 0 Å². The molecule has 4 nitrogen and oxygen atoms in total. The van der Waals surface area contributed by atoms with Crippen LogP contribution in [0.15, 0.2) is 6.07 Å². The highest BCUT2D eigenvalue weighted by atomic mass is 32.1. The van der Waals surface area contributed by atoms with Gasteiger partial charge in [0.15, 0.2) is 0 Å². The number of rotatable bonds is 7. The van der Waals surface area contributed by atoms with Gasteiger partial charge in [-0.2, -0.15) is 0 Å². The molecule has 0 aliphatic heterocycles. The van der Waals surface area contributed by atoms with Crippen molar-refractivity contribution in [3.05, 3.63) is 21.4 Å². The van der Waals surface area contributed by atoms with Crippen LogP contribution >= 0.6 is 23.6 Å². The Kier molecular flexibility index (Phi) is 6.14. The van der Waals surface area contributed by atoms with Gasteiger partial charge in [0.2, 0.25) is 0 Å². The molecular formula is C15H22N2O2S2. The van der Waals surface area contributed by atoms with Gasteiger partial charge in [0.1, 0.15) is 0 Å². The van der Waals surface area contributed by atoms with Gasteiger partial charge in [0.25, 0.3) is 5.91 Å². The lowest BCUT2D eigenvalue weighted by Crippen LogP contribution is -2.35. The highest BCUT2D eigenvalue weighted by Crippen LogP contribution is 2.30. The minimum Gasteiger partial charge on any atom is -0.393 e. The number of carbonyl (C=O) groups is 1. The smallest absolute Gasteiger partial charge is 0.264 e. The summed E-state index contributed by atoms with van der Waals surface area (Å²) in [6, 6.07) is 2.07. The summed E-state index contributed by atoms with van der Waals surface area (Å²) in [6.07, 6.45) is 5.22. The lowest BCUT2D eigenvalue weighted by molar-refractivity contribution is 0.0706. The SMILES string of the molecule is COCCN(CCC(N)=S)C(=O)c1cc2c(s1)CCCC2. The van der Waals surface area contributed by atoms with E-state index in [1.54, 1.807) is 23.3 Å². The number of methoxy groups -OCH3 is 1. The second-order valence-corrected chi connectivity index (χ2v) is 6.93. The molecule has 0 saturated carbocycles. The lowest BCUT2D eigenvalue weighted by atomic mass is 9.99. The van der Waals surface area contributed by atoms with Crippen molar-refractivity contribution < 1.29 is 9.53 Å². The largest absolute Gasteiger partial charge is 0.393 e. The molecule has 1 amide bonds. The fraction of sp³-hybridized carbons (Fsp3) is 0.600. The number of amides is 1. The number of ether oxygens (including phenoxy) is 1. The molecule has 1 aromatic heterocycles. The Bertz CT molecular complexity index is 490. The molecule has 0 fully saturated rings. The van der Waals surface area contributed by atoms with E-state index in [2.05, 4.69) is 6.07 Å². The third kappa shape index (κ3) is 4.49. The van der Waals surface area contributed by atoms with Crippen molar-refractivity contribution in [1.29, 1.82) is 0 Å². The Morgan fingerprint density at radius 1 is 1.43 bits per heavy atom. The van der Waals surface area contributed by atoms with E-state index >= 15 is 0 Å². The maximum Gasteiger partial charge on any atom is 0.264 e. The number of hydrogen-bond acceptors (Lipinski definition) is 4. The van der Waals surface area contributed by atoms with Gasteiger partial charge in [-0.3, -0.25) is 4.79 Å². The normalized spacial score (nSPS) is 13.8. The third-order valence-electron chi connectivity index (χ3n) is 3.69. The van der Waals surface area contributed by atoms with Crippen LogP contribution in [0.4, 0.5) is 0 Å². The van der Waals surface area contributed by atoms with Crippen LogP contribution in [-0.2, 0) is 17.6 Å². The van der Waals surface area contributed by atoms with Gasteiger partial charge >= 0.3 is 0 Å². The Morgan fingerprint density at radius 2 is 2.19 bits per heavy atom. The summed E-state index contributed by atoms with van der Waals surface area (Å²) in [6.45, 7) is 1.65. The fourth-order valence-corrected chi connectivity index (χ4v) is 3.83. The van der Waals surface area contributed by atoms with Crippen molar-refractivity contribution in [2.75, 3.05) is 26.8 Å². The average Bonchev–Trinajstić information content (AvgIpc) is 2.90. The highest BCUT2D eigenvalue weighted by molar-refractivity contribution is 7.80. The fourth-order valence-electron chi connectivity index (χ4n) is 2.51. The second-order valence-electron chi connectivity index (χ2n) is 5.27. The van der Waals surface area contributed by atoms with Crippen LogP contribution < -0.4 is 5.73 Å². The first-order chi connectivity index (χ1) is 10.1. The van der Waals surface area contributed by atoms with Crippen LogP contribution in [0.2, 0.25) is 0 Å². The van der Waals surface area contributed by atoms with Gasteiger partial charge in [-0.25, -0.2) is 0 Å². The summed E-state index contributed by atoms with van der Waals surface area (Å²) in [4.78, 5) is 17.1. The molecule has 6 heteroatoms. The summed E-state index contributed by atoms with van der Waals surface area (Å²) in [7, 11) is 1.64. The predicted octanol–water partition coefficient (Wildman–Crippen LogP) is 2.39. The molecule has 0 unspecified atom stereocenters. The van der Waals surface area contributed by atoms with Crippen LogP contribution in [0.3, 0.4) is 0 Å².